The number of furan rings is 1. The van der Waals surface area contributed by atoms with E-state index >= 15 is 0 Å². The van der Waals surface area contributed by atoms with Gasteiger partial charge in [-0.25, -0.2) is 0 Å². The van der Waals surface area contributed by atoms with Gasteiger partial charge in [0.05, 0.1) is 4.92 Å². The van der Waals surface area contributed by atoms with Crippen LogP contribution < -0.4 is 9.80 Å². The van der Waals surface area contributed by atoms with E-state index in [9.17, 15) is 14.9 Å². The second-order valence-corrected chi connectivity index (χ2v) is 9.84. The first kappa shape index (κ1) is 23.4. The van der Waals surface area contributed by atoms with Gasteiger partial charge in [0, 0.05) is 61.1 Å². The third kappa shape index (κ3) is 5.05. The van der Waals surface area contributed by atoms with Crippen LogP contribution in [-0.4, -0.2) is 55.0 Å². The van der Waals surface area contributed by atoms with Crippen molar-refractivity contribution < 1.29 is 14.1 Å². The Hall–Kier alpha value is -3.33. The molecule has 0 spiro atoms. The van der Waals surface area contributed by atoms with E-state index in [0.717, 1.165) is 41.7 Å². The van der Waals surface area contributed by atoms with Crippen LogP contribution in [0.2, 0.25) is 0 Å². The fourth-order valence-electron chi connectivity index (χ4n) is 4.80. The second kappa shape index (κ2) is 10.1. The average molecular weight is 539 g/mol. The van der Waals surface area contributed by atoms with E-state index in [2.05, 4.69) is 25.7 Å². The zero-order valence-corrected chi connectivity index (χ0v) is 20.9. The maximum atomic E-state index is 13.0. The summed E-state index contributed by atoms with van der Waals surface area (Å²) >= 11 is 3.43. The average Bonchev–Trinajstić information content (AvgIpc) is 3.39. The van der Waals surface area contributed by atoms with Crippen LogP contribution in [0.15, 0.2) is 63.5 Å². The van der Waals surface area contributed by atoms with Gasteiger partial charge >= 0.3 is 0 Å². The SMILES string of the molecule is O=C(c1ccc(-c2ccc(Br)cc2)o1)N1CCN(c2ccc([N+](=O)[O-])c(N3CCCCC3)c2)CC1. The molecule has 3 aromatic rings. The molecule has 0 aliphatic carbocycles. The lowest BCUT2D eigenvalue weighted by Crippen LogP contribution is -2.48. The van der Waals surface area contributed by atoms with Gasteiger partial charge in [-0.15, -0.1) is 0 Å². The summed E-state index contributed by atoms with van der Waals surface area (Å²) in [6.07, 6.45) is 3.28. The predicted molar refractivity (Wildman–Crippen MR) is 139 cm³/mol. The monoisotopic (exact) mass is 538 g/mol. The summed E-state index contributed by atoms with van der Waals surface area (Å²) in [6.45, 7) is 4.12. The van der Waals surface area contributed by atoms with E-state index in [-0.39, 0.29) is 16.5 Å². The number of hydrogen-bond donors (Lipinski definition) is 0. The number of benzene rings is 2. The molecule has 2 aromatic carbocycles. The fourth-order valence-corrected chi connectivity index (χ4v) is 5.06. The molecule has 2 saturated heterocycles. The van der Waals surface area contributed by atoms with Crippen molar-refractivity contribution in [2.75, 3.05) is 49.1 Å². The molecule has 0 atom stereocenters. The Labute approximate surface area is 212 Å². The Morgan fingerprint density at radius 1 is 0.857 bits per heavy atom. The molecule has 182 valence electrons. The van der Waals surface area contributed by atoms with E-state index in [1.807, 2.05) is 42.5 Å². The van der Waals surface area contributed by atoms with Gasteiger partial charge in [-0.3, -0.25) is 14.9 Å². The Morgan fingerprint density at radius 3 is 2.26 bits per heavy atom. The zero-order valence-electron chi connectivity index (χ0n) is 19.4. The van der Waals surface area contributed by atoms with Crippen LogP contribution in [0.4, 0.5) is 17.1 Å². The van der Waals surface area contributed by atoms with Crippen molar-refractivity contribution in [2.24, 2.45) is 0 Å². The molecule has 1 amide bonds. The molecular weight excluding hydrogens is 512 g/mol. The summed E-state index contributed by atoms with van der Waals surface area (Å²) in [6, 6.07) is 16.7. The second-order valence-electron chi connectivity index (χ2n) is 8.93. The Bertz CT molecular complexity index is 1210. The minimum absolute atomic E-state index is 0.120. The zero-order chi connectivity index (χ0) is 24.4. The summed E-state index contributed by atoms with van der Waals surface area (Å²) in [5.41, 5.74) is 2.73. The van der Waals surface area contributed by atoms with E-state index in [4.69, 9.17) is 4.42 Å². The summed E-state index contributed by atoms with van der Waals surface area (Å²) in [5, 5.41) is 11.6. The Balaban J connectivity index is 1.26. The van der Waals surface area contributed by atoms with Crippen molar-refractivity contribution in [1.82, 2.24) is 4.90 Å². The lowest BCUT2D eigenvalue weighted by Gasteiger charge is -2.36. The highest BCUT2D eigenvalue weighted by atomic mass is 79.9. The van der Waals surface area contributed by atoms with Crippen LogP contribution in [0.3, 0.4) is 0 Å². The van der Waals surface area contributed by atoms with E-state index in [0.29, 0.717) is 43.4 Å². The molecule has 0 unspecified atom stereocenters. The number of halogens is 1. The van der Waals surface area contributed by atoms with Gasteiger partial charge in [-0.05, 0) is 55.7 Å². The maximum Gasteiger partial charge on any atom is 0.292 e. The van der Waals surface area contributed by atoms with Crippen LogP contribution in [-0.2, 0) is 0 Å². The Kier molecular flexibility index (Phi) is 6.77. The highest BCUT2D eigenvalue weighted by molar-refractivity contribution is 9.10. The number of anilines is 2. The minimum atomic E-state index is -0.295. The van der Waals surface area contributed by atoms with Gasteiger partial charge in [0.15, 0.2) is 5.76 Å². The van der Waals surface area contributed by atoms with Crippen LogP contribution in [0.5, 0.6) is 0 Å². The number of piperazine rings is 1. The molecule has 0 radical (unpaired) electrons. The first-order valence-electron chi connectivity index (χ1n) is 11.9. The number of rotatable bonds is 5. The van der Waals surface area contributed by atoms with Crippen LogP contribution in [0, 0.1) is 10.1 Å². The molecule has 0 N–H and O–H groups in total. The van der Waals surface area contributed by atoms with Crippen LogP contribution in [0.1, 0.15) is 29.8 Å². The van der Waals surface area contributed by atoms with Gasteiger partial charge < -0.3 is 19.1 Å². The minimum Gasteiger partial charge on any atom is -0.451 e. The topological polar surface area (TPSA) is 83.1 Å². The standard InChI is InChI=1S/C26H27BrN4O4/c27-20-6-4-19(5-7-20)24-10-11-25(35-24)26(32)30-16-14-28(15-17-30)21-8-9-22(31(33)34)23(18-21)29-12-2-1-3-13-29/h4-11,18H,1-3,12-17H2. The van der Waals surface area contributed by atoms with E-state index in [1.165, 1.54) is 6.42 Å². The summed E-state index contributed by atoms with van der Waals surface area (Å²) in [7, 11) is 0. The van der Waals surface area contributed by atoms with Gasteiger partial charge in [-0.1, -0.05) is 28.1 Å². The highest BCUT2D eigenvalue weighted by Crippen LogP contribution is 2.34. The van der Waals surface area contributed by atoms with Crippen molar-refractivity contribution in [3.8, 4) is 11.3 Å². The quantitative estimate of drug-likeness (QED) is 0.312. The maximum absolute atomic E-state index is 13.0. The van der Waals surface area contributed by atoms with Gasteiger partial charge in [0.1, 0.15) is 11.4 Å². The largest absolute Gasteiger partial charge is 0.451 e. The third-order valence-electron chi connectivity index (χ3n) is 6.73. The van der Waals surface area contributed by atoms with E-state index < -0.39 is 0 Å². The smallest absolute Gasteiger partial charge is 0.292 e. The van der Waals surface area contributed by atoms with Crippen LogP contribution >= 0.6 is 15.9 Å². The summed E-state index contributed by atoms with van der Waals surface area (Å²) in [4.78, 5) is 30.5. The van der Waals surface area contributed by atoms with Gasteiger partial charge in [0.2, 0.25) is 0 Å². The number of hydrogen-bond acceptors (Lipinski definition) is 6. The molecule has 0 bridgehead atoms. The Morgan fingerprint density at radius 2 is 1.57 bits per heavy atom. The number of piperidine rings is 1. The third-order valence-corrected chi connectivity index (χ3v) is 7.26. The lowest BCUT2D eigenvalue weighted by atomic mass is 10.1. The molecule has 5 rings (SSSR count). The predicted octanol–water partition coefficient (Wildman–Crippen LogP) is 5.57. The lowest BCUT2D eigenvalue weighted by molar-refractivity contribution is -0.384. The molecule has 0 saturated carbocycles. The molecular formula is C26H27BrN4O4. The van der Waals surface area contributed by atoms with Gasteiger partial charge in [0.25, 0.3) is 11.6 Å². The molecule has 3 heterocycles. The molecule has 2 aliphatic heterocycles. The molecule has 8 nitrogen and oxygen atoms in total. The first-order valence-corrected chi connectivity index (χ1v) is 12.7. The van der Waals surface area contributed by atoms with Crippen molar-refractivity contribution in [3.63, 3.8) is 0 Å². The number of amides is 1. The molecule has 2 fully saturated rings. The first-order chi connectivity index (χ1) is 17.0. The number of carbonyl (C=O) groups excluding carboxylic acids is 1. The number of nitrogens with zero attached hydrogens (tertiary/aromatic N) is 4. The number of nitro benzene ring substituents is 1. The summed E-state index contributed by atoms with van der Waals surface area (Å²) in [5.74, 6) is 0.875. The molecule has 1 aromatic heterocycles. The van der Waals surface area contributed by atoms with Gasteiger partial charge in [-0.2, -0.15) is 0 Å². The van der Waals surface area contributed by atoms with Crippen molar-refractivity contribution >= 4 is 38.9 Å². The van der Waals surface area contributed by atoms with Crippen molar-refractivity contribution in [3.05, 3.63) is 74.9 Å². The molecule has 35 heavy (non-hydrogen) atoms. The molecule has 9 heteroatoms. The highest BCUT2D eigenvalue weighted by Gasteiger charge is 2.27. The van der Waals surface area contributed by atoms with E-state index in [1.54, 1.807) is 17.0 Å². The van der Waals surface area contributed by atoms with Crippen molar-refractivity contribution in [1.29, 1.82) is 0 Å². The number of nitro groups is 1. The van der Waals surface area contributed by atoms with Crippen molar-refractivity contribution in [2.45, 2.75) is 19.3 Å². The molecule has 2 aliphatic rings. The summed E-state index contributed by atoms with van der Waals surface area (Å²) < 4.78 is 6.85. The van der Waals surface area contributed by atoms with Crippen LogP contribution in [0.25, 0.3) is 11.3 Å². The normalized spacial score (nSPS) is 16.4. The number of carbonyl (C=O) groups is 1. The fraction of sp³-hybridized carbons (Fsp3) is 0.346.